The van der Waals surface area contributed by atoms with Crippen LogP contribution in [0.3, 0.4) is 0 Å². The molecule has 0 radical (unpaired) electrons. The first-order chi connectivity index (χ1) is 16.3. The SMILES string of the molecule is O=c1c2c3cc(F)ccc3n(Cc3ccc(CO)cc3)c2ccn1-c1cnccc1C(F)(F)F. The Kier molecular flexibility index (Phi) is 5.21. The van der Waals surface area contributed by atoms with E-state index in [9.17, 15) is 27.5 Å². The van der Waals surface area contributed by atoms with Gasteiger partial charge in [0.2, 0.25) is 0 Å². The van der Waals surface area contributed by atoms with E-state index in [1.165, 1.54) is 18.3 Å². The normalized spacial score (nSPS) is 12.0. The van der Waals surface area contributed by atoms with Crippen LogP contribution in [0.2, 0.25) is 0 Å². The smallest absolute Gasteiger partial charge is 0.392 e. The predicted octanol–water partition coefficient (Wildman–Crippen LogP) is 5.04. The van der Waals surface area contributed by atoms with E-state index in [2.05, 4.69) is 4.98 Å². The minimum atomic E-state index is -4.69. The minimum Gasteiger partial charge on any atom is -0.392 e. The molecule has 0 bridgehead atoms. The summed E-state index contributed by atoms with van der Waals surface area (Å²) >= 11 is 0. The van der Waals surface area contributed by atoms with Gasteiger partial charge in [0.15, 0.2) is 0 Å². The largest absolute Gasteiger partial charge is 0.418 e. The molecule has 0 aliphatic carbocycles. The summed E-state index contributed by atoms with van der Waals surface area (Å²) in [6, 6.07) is 13.6. The van der Waals surface area contributed by atoms with Crippen molar-refractivity contribution in [3.8, 4) is 5.69 Å². The van der Waals surface area contributed by atoms with Crippen LogP contribution in [0.15, 0.2) is 78.0 Å². The Morgan fingerprint density at radius 1 is 0.941 bits per heavy atom. The molecular formula is C25H17F4N3O2. The van der Waals surface area contributed by atoms with Crippen LogP contribution in [0.4, 0.5) is 17.6 Å². The van der Waals surface area contributed by atoms with Gasteiger partial charge in [-0.2, -0.15) is 13.2 Å². The lowest BCUT2D eigenvalue weighted by Gasteiger charge is -2.14. The number of fused-ring (bicyclic) bond motifs is 3. The van der Waals surface area contributed by atoms with Crippen LogP contribution in [0, 0.1) is 5.82 Å². The van der Waals surface area contributed by atoms with Gasteiger partial charge in [0, 0.05) is 29.8 Å². The van der Waals surface area contributed by atoms with Gasteiger partial charge < -0.3 is 9.67 Å². The summed E-state index contributed by atoms with van der Waals surface area (Å²) in [5, 5.41) is 9.68. The lowest BCUT2D eigenvalue weighted by Crippen LogP contribution is -2.21. The van der Waals surface area contributed by atoms with Gasteiger partial charge in [-0.1, -0.05) is 24.3 Å². The molecule has 0 unspecified atom stereocenters. The second-order valence-corrected chi connectivity index (χ2v) is 7.86. The zero-order chi connectivity index (χ0) is 24.0. The Labute approximate surface area is 190 Å². The fourth-order valence-electron chi connectivity index (χ4n) is 4.19. The summed E-state index contributed by atoms with van der Waals surface area (Å²) in [5.41, 5.74) is 0.539. The highest BCUT2D eigenvalue weighted by molar-refractivity contribution is 6.07. The van der Waals surface area contributed by atoms with Crippen LogP contribution in [0.1, 0.15) is 16.7 Å². The number of aliphatic hydroxyl groups excluding tert-OH is 1. The van der Waals surface area contributed by atoms with E-state index in [-0.39, 0.29) is 12.0 Å². The molecule has 0 aliphatic heterocycles. The Morgan fingerprint density at radius 3 is 2.38 bits per heavy atom. The van der Waals surface area contributed by atoms with Crippen molar-refractivity contribution in [2.45, 2.75) is 19.3 Å². The zero-order valence-corrected chi connectivity index (χ0v) is 17.6. The monoisotopic (exact) mass is 467 g/mol. The molecule has 0 saturated carbocycles. The molecule has 5 aromatic rings. The average molecular weight is 467 g/mol. The number of hydrogen-bond donors (Lipinski definition) is 1. The first-order valence-electron chi connectivity index (χ1n) is 10.3. The van der Waals surface area contributed by atoms with E-state index < -0.39 is 28.8 Å². The molecule has 0 aliphatic rings. The third-order valence-corrected chi connectivity index (χ3v) is 5.79. The standard InChI is InChI=1S/C25H17F4N3O2/c26-17-5-6-20-18(11-17)23-21(32(20)13-15-1-3-16(14-33)4-2-15)8-10-31(24(23)34)22-12-30-9-7-19(22)25(27,28)29/h1-12,33H,13-14H2. The molecular weight excluding hydrogens is 450 g/mol. The second kappa shape index (κ2) is 8.11. The van der Waals surface area contributed by atoms with Crippen molar-refractivity contribution >= 4 is 21.8 Å². The summed E-state index contributed by atoms with van der Waals surface area (Å²) in [5.74, 6) is -0.564. The van der Waals surface area contributed by atoms with Crippen molar-refractivity contribution < 1.29 is 22.7 Å². The molecule has 0 fully saturated rings. The number of nitrogens with zero attached hydrogens (tertiary/aromatic N) is 3. The van der Waals surface area contributed by atoms with E-state index in [1.807, 2.05) is 16.7 Å². The number of hydrogen-bond acceptors (Lipinski definition) is 3. The van der Waals surface area contributed by atoms with Gasteiger partial charge >= 0.3 is 6.18 Å². The van der Waals surface area contributed by atoms with Crippen LogP contribution in [0.5, 0.6) is 0 Å². The highest BCUT2D eigenvalue weighted by Crippen LogP contribution is 2.34. The second-order valence-electron chi connectivity index (χ2n) is 7.86. The van der Waals surface area contributed by atoms with Crippen LogP contribution in [-0.2, 0) is 19.3 Å². The topological polar surface area (TPSA) is 60.1 Å². The molecule has 0 atom stereocenters. The van der Waals surface area contributed by atoms with E-state index >= 15 is 0 Å². The molecule has 172 valence electrons. The fourth-order valence-corrected chi connectivity index (χ4v) is 4.19. The molecule has 5 rings (SSSR count). The first kappa shape index (κ1) is 21.8. The van der Waals surface area contributed by atoms with Gasteiger partial charge in [-0.25, -0.2) is 4.39 Å². The Balaban J connectivity index is 1.77. The maximum atomic E-state index is 14.2. The molecule has 0 amide bonds. The van der Waals surface area contributed by atoms with Crippen molar-refractivity contribution in [2.75, 3.05) is 0 Å². The van der Waals surface area contributed by atoms with E-state index in [0.29, 0.717) is 23.0 Å². The molecule has 5 nitrogen and oxygen atoms in total. The van der Waals surface area contributed by atoms with Crippen molar-refractivity contribution in [1.82, 2.24) is 14.1 Å². The van der Waals surface area contributed by atoms with Crippen LogP contribution < -0.4 is 5.56 Å². The first-order valence-corrected chi connectivity index (χ1v) is 10.3. The number of pyridine rings is 2. The summed E-state index contributed by atoms with van der Waals surface area (Å²) in [7, 11) is 0. The summed E-state index contributed by atoms with van der Waals surface area (Å²) in [6.07, 6.45) is -1.41. The predicted molar refractivity (Wildman–Crippen MR) is 119 cm³/mol. The summed E-state index contributed by atoms with van der Waals surface area (Å²) in [6.45, 7) is 0.240. The van der Waals surface area contributed by atoms with Crippen LogP contribution in [-0.4, -0.2) is 19.2 Å². The highest BCUT2D eigenvalue weighted by atomic mass is 19.4. The van der Waals surface area contributed by atoms with Crippen molar-refractivity contribution in [2.24, 2.45) is 0 Å². The Hall–Kier alpha value is -3.98. The van der Waals surface area contributed by atoms with Gasteiger partial charge in [0.25, 0.3) is 5.56 Å². The highest BCUT2D eigenvalue weighted by Gasteiger charge is 2.34. The number of aromatic nitrogens is 3. The van der Waals surface area contributed by atoms with Gasteiger partial charge in [-0.15, -0.1) is 0 Å². The molecule has 2 aromatic carbocycles. The van der Waals surface area contributed by atoms with Crippen LogP contribution in [0.25, 0.3) is 27.5 Å². The number of rotatable bonds is 4. The third-order valence-electron chi connectivity index (χ3n) is 5.79. The average Bonchev–Trinajstić information content (AvgIpc) is 3.12. The maximum absolute atomic E-state index is 14.2. The molecule has 34 heavy (non-hydrogen) atoms. The van der Waals surface area contributed by atoms with Gasteiger partial charge in [0.05, 0.1) is 35.0 Å². The van der Waals surface area contributed by atoms with Crippen molar-refractivity contribution in [3.63, 3.8) is 0 Å². The maximum Gasteiger partial charge on any atom is 0.418 e. The van der Waals surface area contributed by atoms with E-state index in [1.54, 1.807) is 24.3 Å². The molecule has 0 saturated heterocycles. The Bertz CT molecular complexity index is 1580. The zero-order valence-electron chi connectivity index (χ0n) is 17.6. The lowest BCUT2D eigenvalue weighted by atomic mass is 10.1. The van der Waals surface area contributed by atoms with Gasteiger partial charge in [-0.3, -0.25) is 14.3 Å². The molecule has 1 N–H and O–H groups in total. The number of halogens is 4. The van der Waals surface area contributed by atoms with Crippen molar-refractivity contribution in [1.29, 1.82) is 0 Å². The van der Waals surface area contributed by atoms with E-state index in [4.69, 9.17) is 0 Å². The number of alkyl halides is 3. The Morgan fingerprint density at radius 2 is 1.68 bits per heavy atom. The van der Waals surface area contributed by atoms with Gasteiger partial charge in [-0.05, 0) is 41.5 Å². The fraction of sp³-hybridized carbons (Fsp3) is 0.120. The molecule has 3 aromatic heterocycles. The summed E-state index contributed by atoms with van der Waals surface area (Å²) < 4.78 is 57.6. The lowest BCUT2D eigenvalue weighted by molar-refractivity contribution is -0.137. The van der Waals surface area contributed by atoms with Crippen molar-refractivity contribution in [3.05, 3.63) is 106 Å². The molecule has 9 heteroatoms. The van der Waals surface area contributed by atoms with E-state index in [0.717, 1.165) is 34.2 Å². The summed E-state index contributed by atoms with van der Waals surface area (Å²) in [4.78, 5) is 17.3. The van der Waals surface area contributed by atoms with Crippen LogP contribution >= 0.6 is 0 Å². The molecule has 3 heterocycles. The minimum absolute atomic E-state index is 0.0945. The number of aliphatic hydroxyl groups is 1. The number of benzene rings is 2. The van der Waals surface area contributed by atoms with Gasteiger partial charge in [0.1, 0.15) is 5.82 Å². The molecule has 0 spiro atoms. The quantitative estimate of drug-likeness (QED) is 0.377. The third kappa shape index (κ3) is 3.63.